The van der Waals surface area contributed by atoms with E-state index in [9.17, 15) is 14.4 Å². The fourth-order valence-electron chi connectivity index (χ4n) is 3.37. The third kappa shape index (κ3) is 5.41. The number of ether oxygens (including phenoxy) is 1. The number of aromatic nitrogens is 2. The quantitative estimate of drug-likeness (QED) is 0.516. The third-order valence-corrected chi connectivity index (χ3v) is 6.79. The summed E-state index contributed by atoms with van der Waals surface area (Å²) in [4.78, 5) is 44.1. The third-order valence-electron chi connectivity index (χ3n) is 4.63. The summed E-state index contributed by atoms with van der Waals surface area (Å²) in [5.41, 5.74) is 0.617. The van der Waals surface area contributed by atoms with Gasteiger partial charge in [0.25, 0.3) is 5.56 Å². The van der Waals surface area contributed by atoms with Crippen LogP contribution in [0.4, 0.5) is 4.79 Å². The number of hydrogen-bond donors (Lipinski definition) is 2. The van der Waals surface area contributed by atoms with Crippen molar-refractivity contribution >= 4 is 45.3 Å². The van der Waals surface area contributed by atoms with Gasteiger partial charge < -0.3 is 10.1 Å². The lowest BCUT2D eigenvalue weighted by Gasteiger charge is -2.20. The fraction of sp³-hybridized carbons (Fsp3) is 0.600. The zero-order valence-electron chi connectivity index (χ0n) is 17.8. The van der Waals surface area contributed by atoms with Crippen LogP contribution in [0.3, 0.4) is 0 Å². The van der Waals surface area contributed by atoms with Gasteiger partial charge in [-0.15, -0.1) is 11.3 Å². The molecule has 2 aromatic rings. The minimum atomic E-state index is -0.542. The van der Waals surface area contributed by atoms with E-state index in [2.05, 4.69) is 10.6 Å². The van der Waals surface area contributed by atoms with Gasteiger partial charge in [0, 0.05) is 17.5 Å². The van der Waals surface area contributed by atoms with Gasteiger partial charge in [-0.05, 0) is 52.0 Å². The molecule has 0 aliphatic heterocycles. The number of imide groups is 1. The van der Waals surface area contributed by atoms with E-state index in [1.165, 1.54) is 4.88 Å². The first-order valence-electron chi connectivity index (χ1n) is 9.98. The molecule has 0 saturated carbocycles. The van der Waals surface area contributed by atoms with E-state index in [1.54, 1.807) is 23.0 Å². The molecule has 3 amide bonds. The van der Waals surface area contributed by atoms with Gasteiger partial charge in [0.15, 0.2) is 5.16 Å². The Labute approximate surface area is 183 Å². The summed E-state index contributed by atoms with van der Waals surface area (Å²) in [5, 5.41) is 6.18. The number of hydrogen-bond acceptors (Lipinski definition) is 7. The van der Waals surface area contributed by atoms with Crippen LogP contribution in [0.5, 0.6) is 0 Å². The van der Waals surface area contributed by atoms with Gasteiger partial charge in [0.05, 0.1) is 24.3 Å². The van der Waals surface area contributed by atoms with Gasteiger partial charge in [0.1, 0.15) is 4.83 Å². The Hall–Kier alpha value is -1.91. The second-order valence-corrected chi connectivity index (χ2v) is 10.3. The molecule has 0 radical (unpaired) electrons. The van der Waals surface area contributed by atoms with Gasteiger partial charge >= 0.3 is 6.03 Å². The highest BCUT2D eigenvalue weighted by atomic mass is 32.2. The molecule has 0 bridgehead atoms. The summed E-state index contributed by atoms with van der Waals surface area (Å²) >= 11 is 2.73. The Morgan fingerprint density at radius 3 is 2.70 bits per heavy atom. The Morgan fingerprint density at radius 1 is 1.27 bits per heavy atom. The fourth-order valence-corrected chi connectivity index (χ4v) is 5.50. The number of nitrogens with zero attached hydrogens (tertiary/aromatic N) is 2. The number of carbonyl (C=O) groups excluding carboxylic acids is 2. The van der Waals surface area contributed by atoms with E-state index in [4.69, 9.17) is 9.72 Å². The Bertz CT molecular complexity index is 1010. The predicted octanol–water partition coefficient (Wildman–Crippen LogP) is 2.70. The van der Waals surface area contributed by atoms with Crippen molar-refractivity contribution < 1.29 is 14.3 Å². The Balaban J connectivity index is 1.82. The highest BCUT2D eigenvalue weighted by Gasteiger charge is 2.23. The van der Waals surface area contributed by atoms with Crippen molar-refractivity contribution in [2.24, 2.45) is 0 Å². The number of amides is 3. The van der Waals surface area contributed by atoms with Crippen molar-refractivity contribution in [1.29, 1.82) is 0 Å². The standard InChI is InChI=1S/C20H28N4O4S2/c1-20(2,3)23-18(27)21-14(25)11-29-19-22-16-15(17(26)24(19)9-10-28-4)12-7-5-6-8-13(12)30-16/h5-11H2,1-4H3,(H2,21,23,25,27). The highest BCUT2D eigenvalue weighted by molar-refractivity contribution is 7.99. The van der Waals surface area contributed by atoms with Gasteiger partial charge in [0.2, 0.25) is 5.91 Å². The summed E-state index contributed by atoms with van der Waals surface area (Å²) in [5.74, 6) is -0.465. The molecule has 3 rings (SSSR count). The van der Waals surface area contributed by atoms with Crippen LogP contribution in [0.1, 0.15) is 44.1 Å². The lowest BCUT2D eigenvalue weighted by molar-refractivity contribution is -0.117. The summed E-state index contributed by atoms with van der Waals surface area (Å²) in [7, 11) is 1.58. The van der Waals surface area contributed by atoms with Gasteiger partial charge in [-0.3, -0.25) is 19.5 Å². The highest BCUT2D eigenvalue weighted by Crippen LogP contribution is 2.34. The normalized spacial score (nSPS) is 13.9. The topological polar surface area (TPSA) is 102 Å². The summed E-state index contributed by atoms with van der Waals surface area (Å²) in [6.45, 7) is 6.23. The number of carbonyl (C=O) groups is 2. The number of urea groups is 1. The zero-order valence-corrected chi connectivity index (χ0v) is 19.4. The lowest BCUT2D eigenvalue weighted by Crippen LogP contribution is -2.48. The van der Waals surface area contributed by atoms with Crippen LogP contribution in [0.25, 0.3) is 10.2 Å². The molecule has 0 fully saturated rings. The molecular weight excluding hydrogens is 424 g/mol. The van der Waals surface area contributed by atoms with E-state index < -0.39 is 17.5 Å². The lowest BCUT2D eigenvalue weighted by atomic mass is 9.97. The number of fused-ring (bicyclic) bond motifs is 3. The van der Waals surface area contributed by atoms with Gasteiger partial charge in [-0.1, -0.05) is 11.8 Å². The van der Waals surface area contributed by atoms with Crippen molar-refractivity contribution in [1.82, 2.24) is 20.2 Å². The average Bonchev–Trinajstić information content (AvgIpc) is 3.02. The SMILES string of the molecule is COCCn1c(SCC(=O)NC(=O)NC(C)(C)C)nc2sc3c(c2c1=O)CCCC3. The van der Waals surface area contributed by atoms with Crippen molar-refractivity contribution in [2.75, 3.05) is 19.5 Å². The van der Waals surface area contributed by atoms with Crippen molar-refractivity contribution in [2.45, 2.75) is 63.7 Å². The summed E-state index contributed by atoms with van der Waals surface area (Å²) in [6, 6.07) is -0.542. The largest absolute Gasteiger partial charge is 0.383 e. The number of thiophene rings is 1. The van der Waals surface area contributed by atoms with E-state index in [-0.39, 0.29) is 11.3 Å². The number of methoxy groups -OCH3 is 1. The molecule has 8 nitrogen and oxygen atoms in total. The molecule has 0 saturated heterocycles. The van der Waals surface area contributed by atoms with Crippen LogP contribution >= 0.6 is 23.1 Å². The molecule has 2 N–H and O–H groups in total. The van der Waals surface area contributed by atoms with Crippen LogP contribution in [0.15, 0.2) is 9.95 Å². The first-order valence-corrected chi connectivity index (χ1v) is 11.8. The maximum absolute atomic E-state index is 13.3. The van der Waals surface area contributed by atoms with E-state index >= 15 is 0 Å². The minimum absolute atomic E-state index is 0.0203. The number of nitrogens with one attached hydrogen (secondary N) is 2. The Morgan fingerprint density at radius 2 is 2.00 bits per heavy atom. The minimum Gasteiger partial charge on any atom is -0.383 e. The molecule has 2 aromatic heterocycles. The second kappa shape index (κ2) is 9.49. The molecule has 1 aliphatic rings. The maximum Gasteiger partial charge on any atom is 0.321 e. The molecule has 0 spiro atoms. The number of rotatable bonds is 6. The molecule has 1 aliphatic carbocycles. The molecule has 164 valence electrons. The smallest absolute Gasteiger partial charge is 0.321 e. The molecule has 0 unspecified atom stereocenters. The Kier molecular flexibility index (Phi) is 7.20. The predicted molar refractivity (Wildman–Crippen MR) is 120 cm³/mol. The van der Waals surface area contributed by atoms with Crippen molar-refractivity contribution in [3.05, 3.63) is 20.8 Å². The molecule has 0 atom stereocenters. The van der Waals surface area contributed by atoms with Crippen molar-refractivity contribution in [3.63, 3.8) is 0 Å². The number of aryl methyl sites for hydroxylation is 2. The first-order chi connectivity index (χ1) is 14.2. The van der Waals surface area contributed by atoms with Crippen LogP contribution in [0, 0.1) is 0 Å². The molecule has 30 heavy (non-hydrogen) atoms. The second-order valence-electron chi connectivity index (χ2n) is 8.28. The van der Waals surface area contributed by atoms with E-state index in [0.29, 0.717) is 23.7 Å². The summed E-state index contributed by atoms with van der Waals surface area (Å²) in [6.07, 6.45) is 4.12. The van der Waals surface area contributed by atoms with Crippen LogP contribution < -0.4 is 16.2 Å². The van der Waals surface area contributed by atoms with E-state index in [0.717, 1.165) is 47.8 Å². The molecule has 10 heteroatoms. The monoisotopic (exact) mass is 452 g/mol. The molecular formula is C20H28N4O4S2. The maximum atomic E-state index is 13.3. The van der Waals surface area contributed by atoms with Crippen LogP contribution in [-0.2, 0) is 28.9 Å². The molecule has 0 aromatic carbocycles. The number of thioether (sulfide) groups is 1. The van der Waals surface area contributed by atoms with Gasteiger partial charge in [-0.25, -0.2) is 9.78 Å². The zero-order chi connectivity index (χ0) is 21.9. The van der Waals surface area contributed by atoms with Gasteiger partial charge in [-0.2, -0.15) is 0 Å². The average molecular weight is 453 g/mol. The van der Waals surface area contributed by atoms with Crippen LogP contribution in [-0.4, -0.2) is 46.5 Å². The van der Waals surface area contributed by atoms with Crippen LogP contribution in [0.2, 0.25) is 0 Å². The van der Waals surface area contributed by atoms with Crippen molar-refractivity contribution in [3.8, 4) is 0 Å². The summed E-state index contributed by atoms with van der Waals surface area (Å²) < 4.78 is 6.74. The molecule has 2 heterocycles. The van der Waals surface area contributed by atoms with E-state index in [1.807, 2.05) is 20.8 Å². The first kappa shape index (κ1) is 22.8.